The van der Waals surface area contributed by atoms with E-state index in [1.165, 1.54) is 0 Å². The van der Waals surface area contributed by atoms with E-state index in [2.05, 4.69) is 11.9 Å². The number of hydrogen-bond acceptors (Lipinski definition) is 1. The Labute approximate surface area is 44.7 Å². The first-order valence-electron chi connectivity index (χ1n) is 2.37. The highest BCUT2D eigenvalue weighted by atomic mass is 14.8. The molecule has 0 rings (SSSR count). The van der Waals surface area contributed by atoms with Gasteiger partial charge in [0.2, 0.25) is 0 Å². The van der Waals surface area contributed by atoms with Crippen LogP contribution in [-0.2, 0) is 0 Å². The Morgan fingerprint density at radius 1 is 1.71 bits per heavy atom. The fraction of sp³-hybridized carbons (Fsp3) is 0.333. The molecule has 0 saturated carbocycles. The van der Waals surface area contributed by atoms with Gasteiger partial charge in [-0.2, -0.15) is 0 Å². The Hall–Kier alpha value is -0.720. The summed E-state index contributed by atoms with van der Waals surface area (Å²) >= 11 is 0. The van der Waals surface area contributed by atoms with Crippen LogP contribution in [0.5, 0.6) is 0 Å². The minimum Gasteiger partial charge on any atom is -0.388 e. The van der Waals surface area contributed by atoms with Crippen LogP contribution in [0.2, 0.25) is 0 Å². The van der Waals surface area contributed by atoms with Crippen molar-refractivity contribution in [3.8, 4) is 0 Å². The van der Waals surface area contributed by atoms with E-state index in [0.717, 1.165) is 6.54 Å². The van der Waals surface area contributed by atoms with Crippen molar-refractivity contribution in [2.75, 3.05) is 6.54 Å². The molecule has 0 aromatic heterocycles. The van der Waals surface area contributed by atoms with Crippen LogP contribution in [0.3, 0.4) is 0 Å². The van der Waals surface area contributed by atoms with E-state index >= 15 is 0 Å². The SMILES string of the molecule is C=CCNC=CC. The topological polar surface area (TPSA) is 12.0 Å². The van der Waals surface area contributed by atoms with Crippen molar-refractivity contribution >= 4 is 0 Å². The molecule has 7 heavy (non-hydrogen) atoms. The second-order valence-electron chi connectivity index (χ2n) is 1.20. The van der Waals surface area contributed by atoms with Gasteiger partial charge in [-0.1, -0.05) is 12.2 Å². The fourth-order valence-corrected chi connectivity index (χ4v) is 0.269. The van der Waals surface area contributed by atoms with Crippen LogP contribution in [0.25, 0.3) is 0 Å². The predicted molar refractivity (Wildman–Crippen MR) is 33.0 cm³/mol. The zero-order valence-corrected chi connectivity index (χ0v) is 4.65. The molecule has 0 radical (unpaired) electrons. The van der Waals surface area contributed by atoms with Crippen LogP contribution in [0.1, 0.15) is 6.92 Å². The minimum atomic E-state index is 0.852. The fourth-order valence-electron chi connectivity index (χ4n) is 0.269. The minimum absolute atomic E-state index is 0.852. The zero-order chi connectivity index (χ0) is 5.54. The Morgan fingerprint density at radius 3 is 2.86 bits per heavy atom. The van der Waals surface area contributed by atoms with E-state index in [0.29, 0.717) is 0 Å². The Bertz CT molecular complexity index is 64.6. The lowest BCUT2D eigenvalue weighted by atomic mass is 10.6. The monoisotopic (exact) mass is 97.1 g/mol. The lowest BCUT2D eigenvalue weighted by Gasteiger charge is -1.87. The molecule has 0 aromatic carbocycles. The van der Waals surface area contributed by atoms with Crippen molar-refractivity contribution in [3.63, 3.8) is 0 Å². The maximum absolute atomic E-state index is 3.54. The van der Waals surface area contributed by atoms with Gasteiger partial charge in [0, 0.05) is 6.54 Å². The highest BCUT2D eigenvalue weighted by molar-refractivity contribution is 4.79. The first-order valence-corrected chi connectivity index (χ1v) is 2.37. The molecular formula is C6H11N. The molecule has 0 unspecified atom stereocenters. The maximum atomic E-state index is 3.54. The number of rotatable bonds is 3. The van der Waals surface area contributed by atoms with E-state index in [1.807, 2.05) is 25.3 Å². The first kappa shape index (κ1) is 6.28. The molecule has 0 aliphatic rings. The molecule has 0 saturated heterocycles. The summed E-state index contributed by atoms with van der Waals surface area (Å²) in [5.41, 5.74) is 0. The molecular weight excluding hydrogens is 86.1 g/mol. The number of hydrogen-bond donors (Lipinski definition) is 1. The molecule has 1 N–H and O–H groups in total. The van der Waals surface area contributed by atoms with Crippen LogP contribution < -0.4 is 5.32 Å². The van der Waals surface area contributed by atoms with E-state index in [4.69, 9.17) is 0 Å². The lowest BCUT2D eigenvalue weighted by Crippen LogP contribution is -2.01. The summed E-state index contributed by atoms with van der Waals surface area (Å²) in [5, 5.41) is 2.99. The van der Waals surface area contributed by atoms with Gasteiger partial charge >= 0.3 is 0 Å². The third kappa shape index (κ3) is 5.28. The van der Waals surface area contributed by atoms with E-state index in [9.17, 15) is 0 Å². The highest BCUT2D eigenvalue weighted by Crippen LogP contribution is 1.62. The summed E-state index contributed by atoms with van der Waals surface area (Å²) in [5.74, 6) is 0. The molecule has 0 fully saturated rings. The van der Waals surface area contributed by atoms with Gasteiger partial charge in [-0.25, -0.2) is 0 Å². The van der Waals surface area contributed by atoms with Crippen molar-refractivity contribution in [1.29, 1.82) is 0 Å². The highest BCUT2D eigenvalue weighted by Gasteiger charge is 1.62. The average molecular weight is 97.2 g/mol. The van der Waals surface area contributed by atoms with Crippen molar-refractivity contribution in [2.24, 2.45) is 0 Å². The van der Waals surface area contributed by atoms with Gasteiger partial charge in [-0.05, 0) is 13.1 Å². The van der Waals surface area contributed by atoms with Crippen molar-refractivity contribution < 1.29 is 0 Å². The summed E-state index contributed by atoms with van der Waals surface area (Å²) in [7, 11) is 0. The second kappa shape index (κ2) is 5.28. The van der Waals surface area contributed by atoms with Crippen molar-refractivity contribution in [1.82, 2.24) is 5.32 Å². The lowest BCUT2D eigenvalue weighted by molar-refractivity contribution is 0.985. The van der Waals surface area contributed by atoms with Crippen LogP contribution in [-0.4, -0.2) is 6.54 Å². The van der Waals surface area contributed by atoms with Crippen LogP contribution in [0, 0.1) is 0 Å². The molecule has 0 bridgehead atoms. The quantitative estimate of drug-likeness (QED) is 0.413. The smallest absolute Gasteiger partial charge is 0.0322 e. The van der Waals surface area contributed by atoms with Gasteiger partial charge in [0.05, 0.1) is 0 Å². The van der Waals surface area contributed by atoms with Crippen LogP contribution in [0.4, 0.5) is 0 Å². The number of nitrogens with one attached hydrogen (secondary N) is 1. The Kier molecular flexibility index (Phi) is 4.74. The summed E-state index contributed by atoms with van der Waals surface area (Å²) in [6, 6.07) is 0. The summed E-state index contributed by atoms with van der Waals surface area (Å²) in [6.45, 7) is 6.36. The van der Waals surface area contributed by atoms with Crippen molar-refractivity contribution in [2.45, 2.75) is 6.92 Å². The molecule has 0 spiro atoms. The molecule has 1 heteroatoms. The summed E-state index contributed by atoms with van der Waals surface area (Å²) in [6.07, 6.45) is 5.66. The van der Waals surface area contributed by atoms with E-state index < -0.39 is 0 Å². The number of allylic oxidation sites excluding steroid dienone is 1. The van der Waals surface area contributed by atoms with Gasteiger partial charge in [-0.15, -0.1) is 6.58 Å². The molecule has 0 aliphatic carbocycles. The molecule has 1 nitrogen and oxygen atoms in total. The molecule has 0 aliphatic heterocycles. The van der Waals surface area contributed by atoms with Gasteiger partial charge in [0.15, 0.2) is 0 Å². The van der Waals surface area contributed by atoms with Gasteiger partial charge in [-0.3, -0.25) is 0 Å². The average Bonchev–Trinajstić information content (AvgIpc) is 1.69. The van der Waals surface area contributed by atoms with E-state index in [-0.39, 0.29) is 0 Å². The standard InChI is InChI=1S/C6H11N/c1-3-5-7-6-4-2/h3-4,6-7H,1,5H2,2H3. The molecule has 0 atom stereocenters. The zero-order valence-electron chi connectivity index (χ0n) is 4.65. The van der Waals surface area contributed by atoms with Gasteiger partial charge < -0.3 is 5.32 Å². The molecule has 0 heterocycles. The van der Waals surface area contributed by atoms with Crippen molar-refractivity contribution in [3.05, 3.63) is 24.9 Å². The van der Waals surface area contributed by atoms with Gasteiger partial charge in [0.1, 0.15) is 0 Å². The van der Waals surface area contributed by atoms with Crippen LogP contribution >= 0.6 is 0 Å². The molecule has 0 amide bonds. The van der Waals surface area contributed by atoms with Gasteiger partial charge in [0.25, 0.3) is 0 Å². The third-order valence-electron chi connectivity index (χ3n) is 0.547. The first-order chi connectivity index (χ1) is 3.41. The molecule has 40 valence electrons. The maximum Gasteiger partial charge on any atom is 0.0322 e. The van der Waals surface area contributed by atoms with Crippen LogP contribution in [0.15, 0.2) is 24.9 Å². The summed E-state index contributed by atoms with van der Waals surface area (Å²) in [4.78, 5) is 0. The second-order valence-corrected chi connectivity index (χ2v) is 1.20. The Morgan fingerprint density at radius 2 is 2.43 bits per heavy atom. The predicted octanol–water partition coefficient (Wildman–Crippen LogP) is 1.30. The molecule has 0 aromatic rings. The van der Waals surface area contributed by atoms with E-state index in [1.54, 1.807) is 0 Å². The Balaban J connectivity index is 2.82. The normalized spacial score (nSPS) is 9.29. The largest absolute Gasteiger partial charge is 0.388 e. The summed E-state index contributed by atoms with van der Waals surface area (Å²) < 4.78 is 0. The third-order valence-corrected chi connectivity index (χ3v) is 0.547.